The topological polar surface area (TPSA) is 27.7 Å². The van der Waals surface area contributed by atoms with Crippen LogP contribution in [-0.2, 0) is 36.6 Å². The number of rotatable bonds is 7. The van der Waals surface area contributed by atoms with Crippen LogP contribution in [0.4, 0.5) is 0 Å². The molecule has 17 heavy (non-hydrogen) atoms. The molecule has 3 nitrogen and oxygen atoms in total. The van der Waals surface area contributed by atoms with Crippen molar-refractivity contribution in [2.24, 2.45) is 0 Å². The molecule has 0 bridgehead atoms. The molecular formula is C6H15ClNa2O3S4Si. The van der Waals surface area contributed by atoms with Crippen molar-refractivity contribution in [3.8, 4) is 0 Å². The molecular weight excluding hydrogens is 358 g/mol. The number of alkyl halides is 1. The molecule has 0 aliphatic heterocycles. The van der Waals surface area contributed by atoms with Crippen LogP contribution in [0.3, 0.4) is 0 Å². The van der Waals surface area contributed by atoms with E-state index in [-0.39, 0.29) is 59.1 Å². The van der Waals surface area contributed by atoms with Gasteiger partial charge < -0.3 is 36.6 Å². The number of halogens is 1. The first-order valence-electron chi connectivity index (χ1n) is 3.96. The predicted octanol–water partition coefficient (Wildman–Crippen LogP) is -3.21. The zero-order valence-corrected chi connectivity index (χ0v) is 19.9. The molecule has 11 heteroatoms. The maximum absolute atomic E-state index is 5.53. The van der Waals surface area contributed by atoms with Crippen LogP contribution >= 0.6 is 31.3 Å². The molecule has 0 aromatic heterocycles. The van der Waals surface area contributed by atoms with Gasteiger partial charge in [-0.25, -0.2) is 0 Å². The fourth-order valence-electron chi connectivity index (χ4n) is 0.840. The van der Waals surface area contributed by atoms with Crippen molar-refractivity contribution < 1.29 is 72.4 Å². The monoisotopic (exact) mass is 372 g/mol. The van der Waals surface area contributed by atoms with Gasteiger partial charge in [0.25, 0.3) is 0 Å². The number of hydrogen-bond acceptors (Lipinski definition) is 7. The summed E-state index contributed by atoms with van der Waals surface area (Å²) in [7, 11) is 4.83. The van der Waals surface area contributed by atoms with Crippen LogP contribution in [0.15, 0.2) is 0 Å². The van der Waals surface area contributed by atoms with E-state index in [2.05, 4.69) is 23.3 Å². The average Bonchev–Trinajstić information content (AvgIpc) is 2.32. The summed E-state index contributed by atoms with van der Waals surface area (Å²) >= 11 is 14.2. The summed E-state index contributed by atoms with van der Waals surface area (Å²) in [6.45, 7) is 0. The van der Waals surface area contributed by atoms with E-state index < -0.39 is 8.80 Å². The van der Waals surface area contributed by atoms with Gasteiger partial charge in [-0.15, -0.1) is 11.6 Å². The minimum atomic E-state index is -2.32. The quantitative estimate of drug-likeness (QED) is 0.201. The van der Waals surface area contributed by atoms with Crippen LogP contribution < -0.4 is 59.1 Å². The zero-order chi connectivity index (χ0) is 12.2. The molecule has 0 fully saturated rings. The van der Waals surface area contributed by atoms with E-state index in [9.17, 15) is 0 Å². The fourth-order valence-corrected chi connectivity index (χ4v) is 2.92. The van der Waals surface area contributed by atoms with E-state index in [1.165, 1.54) is 19.7 Å². The van der Waals surface area contributed by atoms with Crippen molar-refractivity contribution in [1.29, 1.82) is 0 Å². The van der Waals surface area contributed by atoms with E-state index in [1.807, 2.05) is 0 Å². The Morgan fingerprint density at radius 1 is 1.00 bits per heavy atom. The molecule has 0 unspecified atom stereocenters. The van der Waals surface area contributed by atoms with Crippen molar-refractivity contribution in [1.82, 2.24) is 0 Å². The molecule has 0 heterocycles. The van der Waals surface area contributed by atoms with Crippen molar-refractivity contribution in [3.05, 3.63) is 0 Å². The Balaban J connectivity index is -0.000000123. The van der Waals surface area contributed by atoms with Gasteiger partial charge >= 0.3 is 67.9 Å². The molecule has 0 spiro atoms. The van der Waals surface area contributed by atoms with Crippen molar-refractivity contribution in [3.63, 3.8) is 0 Å². The average molecular weight is 373 g/mol. The standard InChI is InChI=1S/C6H15ClO3Si.2Na.H2S4/c1-8-11(9-2,10-3)6-4-5-7;;;1-3-4-2/h4-6H2,1-3H3;;;1-2H/q;2*+1;/p-2. The van der Waals surface area contributed by atoms with Gasteiger partial charge in [0.2, 0.25) is 0 Å². The largest absolute Gasteiger partial charge is 1.00 e. The predicted molar refractivity (Wildman–Crippen MR) is 76.8 cm³/mol. The second-order valence-electron chi connectivity index (χ2n) is 2.22. The Bertz CT molecular complexity index is 130. The van der Waals surface area contributed by atoms with E-state index in [4.69, 9.17) is 24.9 Å². The van der Waals surface area contributed by atoms with Gasteiger partial charge in [-0.05, 0) is 6.42 Å². The third-order valence-electron chi connectivity index (χ3n) is 1.58. The second-order valence-corrected chi connectivity index (χ2v) is 9.23. The van der Waals surface area contributed by atoms with Crippen LogP contribution in [0.5, 0.6) is 0 Å². The molecule has 0 rings (SSSR count). The minimum Gasteiger partial charge on any atom is -0.709 e. The fraction of sp³-hybridized carbons (Fsp3) is 1.00. The Morgan fingerprint density at radius 3 is 1.53 bits per heavy atom. The van der Waals surface area contributed by atoms with E-state index >= 15 is 0 Å². The SMILES string of the molecule is CO[Si](CCCCl)(OC)OC.[Na+].[Na+].[S-]SS[S-]. The zero-order valence-electron chi connectivity index (χ0n) is 10.9. The first-order chi connectivity index (χ1) is 7.16. The minimum absolute atomic E-state index is 0. The summed E-state index contributed by atoms with van der Waals surface area (Å²) in [5.74, 6) is 0.616. The normalized spacial score (nSPS) is 9.53. The van der Waals surface area contributed by atoms with Crippen LogP contribution in [-0.4, -0.2) is 36.0 Å². The van der Waals surface area contributed by atoms with Gasteiger partial charge in [-0.2, -0.15) is 0 Å². The van der Waals surface area contributed by atoms with Gasteiger partial charge in [0.05, 0.1) is 0 Å². The van der Waals surface area contributed by atoms with Gasteiger partial charge in [0.1, 0.15) is 0 Å². The molecule has 0 aliphatic carbocycles. The van der Waals surface area contributed by atoms with E-state index in [0.717, 1.165) is 12.5 Å². The van der Waals surface area contributed by atoms with Crippen molar-refractivity contribution in [2.75, 3.05) is 27.2 Å². The smallest absolute Gasteiger partial charge is 0.709 e. The Labute approximate surface area is 173 Å². The molecule has 0 aromatic rings. The van der Waals surface area contributed by atoms with Crippen LogP contribution in [0.25, 0.3) is 0 Å². The summed E-state index contributed by atoms with van der Waals surface area (Å²) in [6, 6.07) is 0.778. The van der Waals surface area contributed by atoms with Crippen molar-refractivity contribution in [2.45, 2.75) is 12.5 Å². The molecule has 0 aliphatic rings. The molecule has 0 aromatic carbocycles. The molecule has 0 atom stereocenters. The maximum atomic E-state index is 5.53. The molecule has 94 valence electrons. The molecule has 0 amide bonds. The van der Waals surface area contributed by atoms with Gasteiger partial charge in [-0.3, -0.25) is 19.7 Å². The van der Waals surface area contributed by atoms with Gasteiger partial charge in [0.15, 0.2) is 0 Å². The molecule has 0 radical (unpaired) electrons. The first-order valence-corrected chi connectivity index (χ1v) is 10.4. The third kappa shape index (κ3) is 17.7. The summed E-state index contributed by atoms with van der Waals surface area (Å²) in [6.07, 6.45) is 0.864. The molecule has 0 N–H and O–H groups in total. The second kappa shape index (κ2) is 22.1. The van der Waals surface area contributed by atoms with Crippen LogP contribution in [0.2, 0.25) is 6.04 Å². The van der Waals surface area contributed by atoms with Crippen LogP contribution in [0, 0.1) is 0 Å². The maximum Gasteiger partial charge on any atom is 1.00 e. The summed E-state index contributed by atoms with van der Waals surface area (Å²) in [5, 5.41) is 0. The van der Waals surface area contributed by atoms with E-state index in [0.29, 0.717) is 5.88 Å². The van der Waals surface area contributed by atoms with Crippen LogP contribution in [0.1, 0.15) is 6.42 Å². The Hall–Kier alpha value is 3.79. The summed E-state index contributed by atoms with van der Waals surface area (Å²) < 4.78 is 15.5. The van der Waals surface area contributed by atoms with Gasteiger partial charge in [-0.1, -0.05) is 0 Å². The van der Waals surface area contributed by atoms with Gasteiger partial charge in [0, 0.05) is 33.3 Å². The Morgan fingerprint density at radius 2 is 1.35 bits per heavy atom. The molecule has 0 saturated carbocycles. The summed E-state index contributed by atoms with van der Waals surface area (Å²) in [5.41, 5.74) is 0. The number of hydrogen-bond donors (Lipinski definition) is 0. The third-order valence-corrected chi connectivity index (χ3v) is 6.90. The van der Waals surface area contributed by atoms with Crippen molar-refractivity contribution >= 4 is 63.4 Å². The summed E-state index contributed by atoms with van der Waals surface area (Å²) in [4.78, 5) is 0. The molecule has 0 saturated heterocycles. The van der Waals surface area contributed by atoms with E-state index in [1.54, 1.807) is 21.3 Å². The first kappa shape index (κ1) is 28.9. The Kier molecular flexibility index (Phi) is 37.5.